The van der Waals surface area contributed by atoms with Gasteiger partial charge in [0.25, 0.3) is 0 Å². The fraction of sp³-hybridized carbons (Fsp3) is 0.455. The molecule has 1 aliphatic heterocycles. The summed E-state index contributed by atoms with van der Waals surface area (Å²) in [5, 5.41) is 3.26. The Labute approximate surface area is 88.4 Å². The first kappa shape index (κ1) is 10.5. The first-order chi connectivity index (χ1) is 7.27. The molecule has 0 radical (unpaired) electrons. The normalized spacial score (nSPS) is 23.7. The Kier molecular flexibility index (Phi) is 3.30. The number of nitrogens with one attached hydrogen (secondary N) is 1. The summed E-state index contributed by atoms with van der Waals surface area (Å²) in [7, 11) is 0. The van der Waals surface area contributed by atoms with E-state index in [0.717, 1.165) is 12.1 Å². The van der Waals surface area contributed by atoms with E-state index in [1.54, 1.807) is 6.07 Å². The number of ether oxygens (including phenoxy) is 1. The highest BCUT2D eigenvalue weighted by molar-refractivity contribution is 5.21. The van der Waals surface area contributed by atoms with Gasteiger partial charge < -0.3 is 15.8 Å². The zero-order valence-electron chi connectivity index (χ0n) is 8.45. The molecule has 1 aromatic rings. The van der Waals surface area contributed by atoms with Crippen molar-refractivity contribution in [3.05, 3.63) is 35.6 Å². The number of benzene rings is 1. The summed E-state index contributed by atoms with van der Waals surface area (Å²) < 4.78 is 18.3. The lowest BCUT2D eigenvalue weighted by atomic mass is 10.00. The third kappa shape index (κ3) is 2.53. The molecule has 1 fully saturated rings. The molecule has 1 aliphatic rings. The van der Waals surface area contributed by atoms with E-state index in [1.165, 1.54) is 12.1 Å². The monoisotopic (exact) mass is 210 g/mol. The molecule has 0 aromatic heterocycles. The summed E-state index contributed by atoms with van der Waals surface area (Å²) in [5.74, 6) is -0.250. The molecule has 4 heteroatoms. The highest BCUT2D eigenvalue weighted by Gasteiger charge is 2.21. The quantitative estimate of drug-likeness (QED) is 0.759. The van der Waals surface area contributed by atoms with Crippen molar-refractivity contribution in [3.63, 3.8) is 0 Å². The Morgan fingerprint density at radius 3 is 3.07 bits per heavy atom. The predicted octanol–water partition coefficient (Wildman–Crippen LogP) is 0.814. The third-order valence-electron chi connectivity index (χ3n) is 2.62. The highest BCUT2D eigenvalue weighted by atomic mass is 19.1. The van der Waals surface area contributed by atoms with Crippen LogP contribution in [0, 0.1) is 5.82 Å². The van der Waals surface area contributed by atoms with Crippen LogP contribution in [0.5, 0.6) is 0 Å². The smallest absolute Gasteiger partial charge is 0.123 e. The molecule has 2 rings (SSSR count). The zero-order chi connectivity index (χ0) is 10.7. The SMILES string of the molecule is NC(c1cccc(F)c1)C1COCCN1. The summed E-state index contributed by atoms with van der Waals surface area (Å²) >= 11 is 0. The van der Waals surface area contributed by atoms with E-state index >= 15 is 0 Å². The third-order valence-corrected chi connectivity index (χ3v) is 2.62. The molecule has 2 atom stereocenters. The number of hydrogen-bond acceptors (Lipinski definition) is 3. The van der Waals surface area contributed by atoms with Gasteiger partial charge in [-0.2, -0.15) is 0 Å². The lowest BCUT2D eigenvalue weighted by Gasteiger charge is -2.29. The van der Waals surface area contributed by atoms with Crippen LogP contribution in [0.2, 0.25) is 0 Å². The lowest BCUT2D eigenvalue weighted by molar-refractivity contribution is 0.0684. The molecule has 0 bridgehead atoms. The molecule has 1 saturated heterocycles. The first-order valence-electron chi connectivity index (χ1n) is 5.09. The summed E-state index contributed by atoms with van der Waals surface area (Å²) in [6, 6.07) is 6.25. The molecule has 0 spiro atoms. The van der Waals surface area contributed by atoms with E-state index in [2.05, 4.69) is 5.32 Å². The van der Waals surface area contributed by atoms with Crippen LogP contribution in [0.15, 0.2) is 24.3 Å². The van der Waals surface area contributed by atoms with Gasteiger partial charge in [0.15, 0.2) is 0 Å². The fourth-order valence-electron chi connectivity index (χ4n) is 1.76. The Balaban J connectivity index is 2.08. The van der Waals surface area contributed by atoms with Gasteiger partial charge in [-0.15, -0.1) is 0 Å². The number of halogens is 1. The minimum atomic E-state index is -0.250. The summed E-state index contributed by atoms with van der Waals surface area (Å²) in [6.07, 6.45) is 0. The van der Waals surface area contributed by atoms with Gasteiger partial charge in [0.05, 0.1) is 13.2 Å². The standard InChI is InChI=1S/C11H15FN2O/c12-9-3-1-2-8(6-9)11(13)10-7-15-5-4-14-10/h1-3,6,10-11,14H,4-5,7,13H2. The summed E-state index contributed by atoms with van der Waals surface area (Å²) in [5.41, 5.74) is 6.83. The molecule has 15 heavy (non-hydrogen) atoms. The summed E-state index contributed by atoms with van der Waals surface area (Å²) in [4.78, 5) is 0. The van der Waals surface area contributed by atoms with E-state index in [1.807, 2.05) is 6.07 Å². The van der Waals surface area contributed by atoms with Crippen molar-refractivity contribution in [2.45, 2.75) is 12.1 Å². The van der Waals surface area contributed by atoms with E-state index in [9.17, 15) is 4.39 Å². The molecule has 2 unspecified atom stereocenters. The number of rotatable bonds is 2. The van der Waals surface area contributed by atoms with Crippen LogP contribution in [-0.2, 0) is 4.74 Å². The van der Waals surface area contributed by atoms with Crippen molar-refractivity contribution in [1.82, 2.24) is 5.32 Å². The van der Waals surface area contributed by atoms with Crippen LogP contribution < -0.4 is 11.1 Å². The van der Waals surface area contributed by atoms with Crippen molar-refractivity contribution >= 4 is 0 Å². The number of nitrogens with two attached hydrogens (primary N) is 1. The molecule has 3 N–H and O–H groups in total. The van der Waals surface area contributed by atoms with Crippen LogP contribution in [0.1, 0.15) is 11.6 Å². The second-order valence-electron chi connectivity index (χ2n) is 3.72. The molecule has 82 valence electrons. The van der Waals surface area contributed by atoms with Gasteiger partial charge >= 0.3 is 0 Å². The zero-order valence-corrected chi connectivity index (χ0v) is 8.45. The first-order valence-corrected chi connectivity index (χ1v) is 5.09. The number of hydrogen-bond donors (Lipinski definition) is 2. The van der Waals surface area contributed by atoms with Gasteiger partial charge in [-0.1, -0.05) is 12.1 Å². The van der Waals surface area contributed by atoms with Crippen molar-refractivity contribution in [3.8, 4) is 0 Å². The maximum atomic E-state index is 13.0. The minimum absolute atomic E-state index is 0.0700. The second kappa shape index (κ2) is 4.70. The lowest BCUT2D eigenvalue weighted by Crippen LogP contribution is -2.47. The van der Waals surface area contributed by atoms with Gasteiger partial charge in [0.1, 0.15) is 5.82 Å². The molecule has 0 saturated carbocycles. The number of morpholine rings is 1. The predicted molar refractivity (Wildman–Crippen MR) is 55.9 cm³/mol. The average Bonchev–Trinajstić information content (AvgIpc) is 2.29. The van der Waals surface area contributed by atoms with Crippen LogP contribution in [0.4, 0.5) is 4.39 Å². The van der Waals surface area contributed by atoms with E-state index in [0.29, 0.717) is 13.2 Å². The van der Waals surface area contributed by atoms with Gasteiger partial charge in [-0.25, -0.2) is 4.39 Å². The maximum Gasteiger partial charge on any atom is 0.123 e. The Morgan fingerprint density at radius 1 is 1.53 bits per heavy atom. The van der Waals surface area contributed by atoms with Crippen LogP contribution in [0.3, 0.4) is 0 Å². The molecular formula is C11H15FN2O. The Bertz CT molecular complexity index is 326. The topological polar surface area (TPSA) is 47.3 Å². The van der Waals surface area contributed by atoms with E-state index in [-0.39, 0.29) is 17.9 Å². The molecule has 0 amide bonds. The largest absolute Gasteiger partial charge is 0.378 e. The Morgan fingerprint density at radius 2 is 2.40 bits per heavy atom. The second-order valence-corrected chi connectivity index (χ2v) is 3.72. The minimum Gasteiger partial charge on any atom is -0.378 e. The Hall–Kier alpha value is -0.970. The average molecular weight is 210 g/mol. The van der Waals surface area contributed by atoms with Crippen molar-refractivity contribution in [1.29, 1.82) is 0 Å². The van der Waals surface area contributed by atoms with Gasteiger partial charge in [0.2, 0.25) is 0 Å². The summed E-state index contributed by atoms with van der Waals surface area (Å²) in [6.45, 7) is 2.09. The van der Waals surface area contributed by atoms with Crippen molar-refractivity contribution in [2.24, 2.45) is 5.73 Å². The van der Waals surface area contributed by atoms with Gasteiger partial charge in [-0.3, -0.25) is 0 Å². The fourth-order valence-corrected chi connectivity index (χ4v) is 1.76. The van der Waals surface area contributed by atoms with Crippen LogP contribution in [0.25, 0.3) is 0 Å². The molecular weight excluding hydrogens is 195 g/mol. The van der Waals surface area contributed by atoms with E-state index < -0.39 is 0 Å². The van der Waals surface area contributed by atoms with Crippen molar-refractivity contribution in [2.75, 3.05) is 19.8 Å². The molecule has 1 heterocycles. The van der Waals surface area contributed by atoms with Crippen LogP contribution in [-0.4, -0.2) is 25.8 Å². The van der Waals surface area contributed by atoms with Gasteiger partial charge in [-0.05, 0) is 17.7 Å². The maximum absolute atomic E-state index is 13.0. The van der Waals surface area contributed by atoms with Gasteiger partial charge in [0, 0.05) is 18.6 Å². The molecule has 1 aromatic carbocycles. The molecule has 3 nitrogen and oxygen atoms in total. The van der Waals surface area contributed by atoms with Crippen molar-refractivity contribution < 1.29 is 9.13 Å². The molecule has 0 aliphatic carbocycles. The van der Waals surface area contributed by atoms with Crippen LogP contribution >= 0.6 is 0 Å². The highest BCUT2D eigenvalue weighted by Crippen LogP contribution is 2.16. The van der Waals surface area contributed by atoms with E-state index in [4.69, 9.17) is 10.5 Å².